The minimum Gasteiger partial charge on any atom is -0.385 e. The van der Waals surface area contributed by atoms with E-state index in [1.165, 1.54) is 5.56 Å². The molecule has 2 aromatic carbocycles. The van der Waals surface area contributed by atoms with Crippen LogP contribution in [0.2, 0.25) is 0 Å². The summed E-state index contributed by atoms with van der Waals surface area (Å²) in [6, 6.07) is 17.3. The summed E-state index contributed by atoms with van der Waals surface area (Å²) in [4.78, 5) is 0.401. The molecule has 2 aromatic rings. The maximum atomic E-state index is 11.9. The van der Waals surface area contributed by atoms with Crippen LogP contribution in [0.4, 0.5) is 5.69 Å². The van der Waals surface area contributed by atoms with Crippen molar-refractivity contribution in [2.75, 3.05) is 17.6 Å². The first kappa shape index (κ1) is 15.6. The predicted octanol–water partition coefficient (Wildman–Crippen LogP) is 3.52. The van der Waals surface area contributed by atoms with Crippen LogP contribution in [-0.2, 0) is 16.3 Å². The molecule has 0 radical (unpaired) electrons. The Labute approximate surface area is 126 Å². The minimum absolute atomic E-state index is 0.202. The minimum atomic E-state index is -3.12. The zero-order chi connectivity index (χ0) is 15.1. The molecule has 1 N–H and O–H groups in total. The van der Waals surface area contributed by atoms with E-state index < -0.39 is 9.84 Å². The molecular weight excluding hydrogens is 282 g/mol. The Morgan fingerprint density at radius 1 is 0.952 bits per heavy atom. The molecule has 0 unspecified atom stereocenters. The van der Waals surface area contributed by atoms with E-state index in [4.69, 9.17) is 0 Å². The molecule has 2 rings (SSSR count). The third-order valence-electron chi connectivity index (χ3n) is 3.27. The summed E-state index contributed by atoms with van der Waals surface area (Å²) in [5.41, 5.74) is 2.23. The average molecular weight is 303 g/mol. The van der Waals surface area contributed by atoms with Gasteiger partial charge in [0, 0.05) is 12.2 Å². The Balaban J connectivity index is 1.91. The highest BCUT2D eigenvalue weighted by atomic mass is 32.2. The molecule has 0 atom stereocenters. The van der Waals surface area contributed by atoms with E-state index in [2.05, 4.69) is 17.4 Å². The second-order valence-electron chi connectivity index (χ2n) is 5.01. The summed E-state index contributed by atoms with van der Waals surface area (Å²) in [6.45, 7) is 2.70. The number of anilines is 1. The zero-order valence-electron chi connectivity index (χ0n) is 12.2. The van der Waals surface area contributed by atoms with Crippen LogP contribution in [0, 0.1) is 0 Å². The summed E-state index contributed by atoms with van der Waals surface area (Å²) >= 11 is 0. The van der Waals surface area contributed by atoms with Gasteiger partial charge in [0.25, 0.3) is 0 Å². The lowest BCUT2D eigenvalue weighted by atomic mass is 10.1. The van der Waals surface area contributed by atoms with Crippen molar-refractivity contribution in [3.05, 3.63) is 60.2 Å². The SMILES string of the molecule is CCCS(=O)(=O)c1ccc(NCCc2ccccc2)cc1. The number of hydrogen-bond acceptors (Lipinski definition) is 3. The van der Waals surface area contributed by atoms with Crippen LogP contribution in [0.25, 0.3) is 0 Å². The number of sulfone groups is 1. The third kappa shape index (κ3) is 4.60. The fourth-order valence-corrected chi connectivity index (χ4v) is 3.49. The zero-order valence-corrected chi connectivity index (χ0v) is 13.1. The molecule has 0 heterocycles. The van der Waals surface area contributed by atoms with E-state index in [-0.39, 0.29) is 5.75 Å². The van der Waals surface area contributed by atoms with Gasteiger partial charge in [-0.2, -0.15) is 0 Å². The van der Waals surface area contributed by atoms with Crippen LogP contribution in [-0.4, -0.2) is 20.7 Å². The van der Waals surface area contributed by atoms with Crippen LogP contribution in [0.15, 0.2) is 59.5 Å². The van der Waals surface area contributed by atoms with Crippen molar-refractivity contribution in [1.82, 2.24) is 0 Å². The average Bonchev–Trinajstić information content (AvgIpc) is 2.49. The van der Waals surface area contributed by atoms with Gasteiger partial charge in [0.05, 0.1) is 10.6 Å². The van der Waals surface area contributed by atoms with Gasteiger partial charge in [-0.1, -0.05) is 37.3 Å². The van der Waals surface area contributed by atoms with Gasteiger partial charge in [0.2, 0.25) is 0 Å². The molecule has 0 amide bonds. The molecular formula is C17H21NO2S. The molecule has 0 saturated carbocycles. The van der Waals surface area contributed by atoms with Gasteiger partial charge in [-0.25, -0.2) is 8.42 Å². The van der Waals surface area contributed by atoms with Crippen molar-refractivity contribution in [3.63, 3.8) is 0 Å². The second kappa shape index (κ2) is 7.27. The van der Waals surface area contributed by atoms with Gasteiger partial charge in [-0.3, -0.25) is 0 Å². The second-order valence-corrected chi connectivity index (χ2v) is 7.11. The normalized spacial score (nSPS) is 11.3. The highest BCUT2D eigenvalue weighted by molar-refractivity contribution is 7.91. The van der Waals surface area contributed by atoms with Crippen molar-refractivity contribution in [3.8, 4) is 0 Å². The summed E-state index contributed by atoms with van der Waals surface area (Å²) in [6.07, 6.45) is 1.58. The van der Waals surface area contributed by atoms with Crippen LogP contribution < -0.4 is 5.32 Å². The number of benzene rings is 2. The lowest BCUT2D eigenvalue weighted by molar-refractivity contribution is 0.595. The van der Waals surface area contributed by atoms with E-state index in [0.29, 0.717) is 11.3 Å². The van der Waals surface area contributed by atoms with E-state index in [1.54, 1.807) is 12.1 Å². The molecule has 0 fully saturated rings. The fraction of sp³-hybridized carbons (Fsp3) is 0.294. The quantitative estimate of drug-likeness (QED) is 0.851. The molecule has 0 aliphatic heterocycles. The first-order valence-corrected chi connectivity index (χ1v) is 8.87. The molecule has 3 nitrogen and oxygen atoms in total. The van der Waals surface area contributed by atoms with Gasteiger partial charge in [0.15, 0.2) is 9.84 Å². The first-order chi connectivity index (χ1) is 10.1. The van der Waals surface area contributed by atoms with Crippen molar-refractivity contribution < 1.29 is 8.42 Å². The summed E-state index contributed by atoms with van der Waals surface area (Å²) in [5, 5.41) is 3.31. The molecule has 4 heteroatoms. The maximum Gasteiger partial charge on any atom is 0.178 e. The summed E-state index contributed by atoms with van der Waals surface area (Å²) < 4.78 is 23.8. The van der Waals surface area contributed by atoms with Crippen molar-refractivity contribution in [2.45, 2.75) is 24.7 Å². The van der Waals surface area contributed by atoms with Crippen LogP contribution in [0.1, 0.15) is 18.9 Å². The Kier molecular flexibility index (Phi) is 5.39. The predicted molar refractivity (Wildman–Crippen MR) is 87.4 cm³/mol. The Bertz CT molecular complexity index is 649. The maximum absolute atomic E-state index is 11.9. The molecule has 21 heavy (non-hydrogen) atoms. The monoisotopic (exact) mass is 303 g/mol. The smallest absolute Gasteiger partial charge is 0.178 e. The molecule has 0 bridgehead atoms. The van der Waals surface area contributed by atoms with Crippen molar-refractivity contribution in [1.29, 1.82) is 0 Å². The van der Waals surface area contributed by atoms with E-state index in [9.17, 15) is 8.42 Å². The lowest BCUT2D eigenvalue weighted by Crippen LogP contribution is -2.07. The first-order valence-electron chi connectivity index (χ1n) is 7.22. The highest BCUT2D eigenvalue weighted by Gasteiger charge is 2.12. The highest BCUT2D eigenvalue weighted by Crippen LogP contribution is 2.16. The molecule has 0 aliphatic carbocycles. The lowest BCUT2D eigenvalue weighted by Gasteiger charge is -2.08. The van der Waals surface area contributed by atoms with Crippen molar-refractivity contribution >= 4 is 15.5 Å². The number of hydrogen-bond donors (Lipinski definition) is 1. The van der Waals surface area contributed by atoms with Crippen LogP contribution in [0.5, 0.6) is 0 Å². The number of nitrogens with one attached hydrogen (secondary N) is 1. The van der Waals surface area contributed by atoms with Crippen LogP contribution in [0.3, 0.4) is 0 Å². The summed E-state index contributed by atoms with van der Waals surface area (Å²) in [7, 11) is -3.12. The summed E-state index contributed by atoms with van der Waals surface area (Å²) in [5.74, 6) is 0.202. The van der Waals surface area contributed by atoms with E-state index in [1.807, 2.05) is 37.3 Å². The van der Waals surface area contributed by atoms with Gasteiger partial charge in [-0.05, 0) is 42.7 Å². The van der Waals surface area contributed by atoms with Crippen LogP contribution >= 0.6 is 0 Å². The number of rotatable bonds is 7. The Hall–Kier alpha value is -1.81. The Morgan fingerprint density at radius 2 is 1.62 bits per heavy atom. The van der Waals surface area contributed by atoms with Gasteiger partial charge in [0.1, 0.15) is 0 Å². The fourth-order valence-electron chi connectivity index (χ4n) is 2.16. The standard InChI is InChI=1S/C17H21NO2S/c1-2-14-21(19,20)17-10-8-16(9-11-17)18-13-12-15-6-4-3-5-7-15/h3-11,18H,2,12-14H2,1H3. The molecule has 0 aliphatic rings. The van der Waals surface area contributed by atoms with Gasteiger partial charge >= 0.3 is 0 Å². The topological polar surface area (TPSA) is 46.2 Å². The molecule has 0 aromatic heterocycles. The molecule has 0 spiro atoms. The van der Waals surface area contributed by atoms with E-state index >= 15 is 0 Å². The Morgan fingerprint density at radius 3 is 2.24 bits per heavy atom. The third-order valence-corrected chi connectivity index (χ3v) is 5.21. The van der Waals surface area contributed by atoms with Crippen molar-refractivity contribution in [2.24, 2.45) is 0 Å². The van der Waals surface area contributed by atoms with Gasteiger partial charge in [-0.15, -0.1) is 0 Å². The molecule has 112 valence electrons. The largest absolute Gasteiger partial charge is 0.385 e. The van der Waals surface area contributed by atoms with E-state index in [0.717, 1.165) is 18.7 Å². The van der Waals surface area contributed by atoms with Gasteiger partial charge < -0.3 is 5.32 Å². The molecule has 0 saturated heterocycles.